The second-order valence-electron chi connectivity index (χ2n) is 7.92. The Hall–Kier alpha value is -3.31. The third-order valence-corrected chi connectivity index (χ3v) is 6.66. The van der Waals surface area contributed by atoms with E-state index in [0.717, 1.165) is 28.3 Å². The molecule has 0 unspecified atom stereocenters. The van der Waals surface area contributed by atoms with Gasteiger partial charge in [-0.3, -0.25) is 9.69 Å². The van der Waals surface area contributed by atoms with Crippen LogP contribution in [-0.4, -0.2) is 18.2 Å². The SMILES string of the molecule is COc1ccccc1C=C1SC(=Nc2ccc(C)c(C)c2)N(c2ccc(C)c(C)c2)C1=O. The summed E-state index contributed by atoms with van der Waals surface area (Å²) in [4.78, 5) is 20.7. The fourth-order valence-electron chi connectivity index (χ4n) is 3.47. The number of para-hydroxylation sites is 1. The Morgan fingerprint density at radius 3 is 2.25 bits per heavy atom. The third kappa shape index (κ3) is 4.34. The number of benzene rings is 3. The third-order valence-electron chi connectivity index (χ3n) is 5.70. The average molecular weight is 443 g/mol. The number of aryl methyl sites for hydroxylation is 4. The van der Waals surface area contributed by atoms with Gasteiger partial charge in [0, 0.05) is 5.56 Å². The van der Waals surface area contributed by atoms with Crippen molar-refractivity contribution < 1.29 is 9.53 Å². The van der Waals surface area contributed by atoms with Crippen LogP contribution in [0.2, 0.25) is 0 Å². The van der Waals surface area contributed by atoms with Crippen molar-refractivity contribution in [1.82, 2.24) is 0 Å². The molecule has 0 saturated carbocycles. The topological polar surface area (TPSA) is 41.9 Å². The molecule has 0 N–H and O–H groups in total. The van der Waals surface area contributed by atoms with Crippen molar-refractivity contribution in [3.05, 3.63) is 93.4 Å². The van der Waals surface area contributed by atoms with Gasteiger partial charge in [0.05, 0.1) is 23.4 Å². The highest BCUT2D eigenvalue weighted by atomic mass is 32.2. The highest BCUT2D eigenvalue weighted by molar-refractivity contribution is 8.19. The van der Waals surface area contributed by atoms with Gasteiger partial charge in [0.2, 0.25) is 0 Å². The lowest BCUT2D eigenvalue weighted by Gasteiger charge is -2.17. The van der Waals surface area contributed by atoms with Gasteiger partial charge in [-0.25, -0.2) is 4.99 Å². The maximum Gasteiger partial charge on any atom is 0.271 e. The van der Waals surface area contributed by atoms with Gasteiger partial charge < -0.3 is 4.74 Å². The van der Waals surface area contributed by atoms with Crippen molar-refractivity contribution in [3.63, 3.8) is 0 Å². The first-order chi connectivity index (χ1) is 15.4. The van der Waals surface area contributed by atoms with Gasteiger partial charge in [0.1, 0.15) is 5.75 Å². The van der Waals surface area contributed by atoms with Gasteiger partial charge in [-0.2, -0.15) is 0 Å². The Bertz CT molecular complexity index is 1260. The maximum absolute atomic E-state index is 13.5. The number of anilines is 1. The minimum atomic E-state index is -0.0910. The summed E-state index contributed by atoms with van der Waals surface area (Å²) in [6.07, 6.45) is 1.88. The van der Waals surface area contributed by atoms with Crippen LogP contribution in [0.4, 0.5) is 11.4 Å². The quantitative estimate of drug-likeness (QED) is 0.420. The zero-order chi connectivity index (χ0) is 22.8. The van der Waals surface area contributed by atoms with Crippen LogP contribution in [0.3, 0.4) is 0 Å². The number of carbonyl (C=O) groups excluding carboxylic acids is 1. The number of carbonyl (C=O) groups is 1. The van der Waals surface area contributed by atoms with Gasteiger partial charge in [0.15, 0.2) is 5.17 Å². The summed E-state index contributed by atoms with van der Waals surface area (Å²) >= 11 is 1.38. The molecule has 0 radical (unpaired) electrons. The summed E-state index contributed by atoms with van der Waals surface area (Å²) in [6, 6.07) is 19.8. The average Bonchev–Trinajstić information content (AvgIpc) is 3.07. The molecule has 0 aromatic heterocycles. The molecule has 0 atom stereocenters. The molecular weight excluding hydrogens is 416 g/mol. The zero-order valence-corrected chi connectivity index (χ0v) is 19.8. The van der Waals surface area contributed by atoms with Gasteiger partial charge in [0.25, 0.3) is 5.91 Å². The van der Waals surface area contributed by atoms with E-state index in [1.165, 1.54) is 28.5 Å². The van der Waals surface area contributed by atoms with Crippen molar-refractivity contribution in [3.8, 4) is 5.75 Å². The number of methoxy groups -OCH3 is 1. The van der Waals surface area contributed by atoms with E-state index in [1.807, 2.05) is 60.7 Å². The summed E-state index contributed by atoms with van der Waals surface area (Å²) in [6.45, 7) is 8.27. The molecule has 1 saturated heterocycles. The molecule has 5 heteroatoms. The maximum atomic E-state index is 13.5. The fourth-order valence-corrected chi connectivity index (χ4v) is 4.47. The summed E-state index contributed by atoms with van der Waals surface area (Å²) in [5.74, 6) is 0.637. The van der Waals surface area contributed by atoms with E-state index in [9.17, 15) is 4.79 Å². The number of hydrogen-bond acceptors (Lipinski definition) is 4. The highest BCUT2D eigenvalue weighted by Crippen LogP contribution is 2.38. The minimum absolute atomic E-state index is 0.0910. The smallest absolute Gasteiger partial charge is 0.271 e. The molecule has 32 heavy (non-hydrogen) atoms. The largest absolute Gasteiger partial charge is 0.496 e. The first-order valence-corrected chi connectivity index (χ1v) is 11.3. The molecule has 1 fully saturated rings. The Labute approximate surface area is 193 Å². The molecule has 162 valence electrons. The van der Waals surface area contributed by atoms with E-state index < -0.39 is 0 Å². The van der Waals surface area contributed by atoms with Gasteiger partial charge in [-0.15, -0.1) is 0 Å². The second kappa shape index (κ2) is 9.05. The first-order valence-electron chi connectivity index (χ1n) is 10.5. The van der Waals surface area contributed by atoms with Gasteiger partial charge in [-0.1, -0.05) is 30.3 Å². The van der Waals surface area contributed by atoms with E-state index in [0.29, 0.717) is 10.1 Å². The number of amidine groups is 1. The molecule has 1 aliphatic heterocycles. The Kier molecular flexibility index (Phi) is 6.19. The van der Waals surface area contributed by atoms with E-state index in [4.69, 9.17) is 9.73 Å². The van der Waals surface area contributed by atoms with Crippen LogP contribution < -0.4 is 9.64 Å². The lowest BCUT2D eigenvalue weighted by molar-refractivity contribution is -0.113. The molecule has 1 amide bonds. The normalized spacial score (nSPS) is 16.3. The molecule has 1 heterocycles. The van der Waals surface area contributed by atoms with Gasteiger partial charge >= 0.3 is 0 Å². The van der Waals surface area contributed by atoms with Crippen LogP contribution >= 0.6 is 11.8 Å². The highest BCUT2D eigenvalue weighted by Gasteiger charge is 2.35. The number of nitrogens with zero attached hydrogens (tertiary/aromatic N) is 2. The number of amides is 1. The number of ether oxygens (including phenoxy) is 1. The molecule has 4 rings (SSSR count). The molecule has 0 bridgehead atoms. The number of thioether (sulfide) groups is 1. The first kappa shape index (κ1) is 21.9. The van der Waals surface area contributed by atoms with Crippen LogP contribution in [0.1, 0.15) is 27.8 Å². The molecule has 3 aromatic carbocycles. The van der Waals surface area contributed by atoms with Crippen LogP contribution in [0.5, 0.6) is 5.75 Å². The Balaban J connectivity index is 1.82. The van der Waals surface area contributed by atoms with E-state index in [2.05, 4.69) is 33.8 Å². The Morgan fingerprint density at radius 1 is 0.875 bits per heavy atom. The molecule has 0 aliphatic carbocycles. The zero-order valence-electron chi connectivity index (χ0n) is 19.0. The minimum Gasteiger partial charge on any atom is -0.496 e. The molecule has 4 nitrogen and oxygen atoms in total. The number of hydrogen-bond donors (Lipinski definition) is 0. The van der Waals surface area contributed by atoms with Crippen molar-refractivity contribution >= 4 is 40.3 Å². The fraction of sp³-hybridized carbons (Fsp3) is 0.185. The van der Waals surface area contributed by atoms with Crippen LogP contribution in [0.25, 0.3) is 6.08 Å². The van der Waals surface area contributed by atoms with Crippen LogP contribution in [0, 0.1) is 27.7 Å². The van der Waals surface area contributed by atoms with Crippen molar-refractivity contribution in [2.75, 3.05) is 12.0 Å². The Morgan fingerprint density at radius 2 is 1.56 bits per heavy atom. The predicted octanol–water partition coefficient (Wildman–Crippen LogP) is 6.74. The lowest BCUT2D eigenvalue weighted by atomic mass is 10.1. The molecule has 1 aliphatic rings. The van der Waals surface area contributed by atoms with Crippen LogP contribution in [-0.2, 0) is 4.79 Å². The number of rotatable bonds is 4. The van der Waals surface area contributed by atoms with Crippen molar-refractivity contribution in [2.45, 2.75) is 27.7 Å². The number of aliphatic imine (C=N–C) groups is 1. The summed E-state index contributed by atoms with van der Waals surface area (Å²) < 4.78 is 5.47. The van der Waals surface area contributed by atoms with E-state index >= 15 is 0 Å². The molecule has 3 aromatic rings. The predicted molar refractivity (Wildman–Crippen MR) is 135 cm³/mol. The summed E-state index contributed by atoms with van der Waals surface area (Å²) in [5.41, 5.74) is 7.21. The summed E-state index contributed by atoms with van der Waals surface area (Å²) in [7, 11) is 1.63. The molecular formula is C27H26N2O2S. The monoisotopic (exact) mass is 442 g/mol. The van der Waals surface area contributed by atoms with E-state index in [-0.39, 0.29) is 5.91 Å². The summed E-state index contributed by atoms with van der Waals surface area (Å²) in [5, 5.41) is 0.641. The molecule has 0 spiro atoms. The van der Waals surface area contributed by atoms with Crippen molar-refractivity contribution in [2.24, 2.45) is 4.99 Å². The lowest BCUT2D eigenvalue weighted by Crippen LogP contribution is -2.28. The van der Waals surface area contributed by atoms with Crippen LogP contribution in [0.15, 0.2) is 70.6 Å². The standard InChI is InChI=1S/C27H26N2O2S/c1-17-10-12-22(14-19(17)3)28-27-29(23-13-11-18(2)20(4)15-23)26(30)25(32-27)16-21-8-6-7-9-24(21)31-5/h6-16H,1-5H3. The van der Waals surface area contributed by atoms with Gasteiger partial charge in [-0.05, 0) is 98.1 Å². The van der Waals surface area contributed by atoms with Crippen molar-refractivity contribution in [1.29, 1.82) is 0 Å². The second-order valence-corrected chi connectivity index (χ2v) is 8.93. The van der Waals surface area contributed by atoms with E-state index in [1.54, 1.807) is 12.0 Å².